The molecule has 3 aliphatic rings. The normalized spacial score (nSPS) is 34.8. The van der Waals surface area contributed by atoms with Crippen LogP contribution in [0.2, 0.25) is 0 Å². The van der Waals surface area contributed by atoms with Crippen molar-refractivity contribution in [1.29, 1.82) is 0 Å². The first-order valence-corrected chi connectivity index (χ1v) is 15.6. The maximum atomic E-state index is 14.5. The van der Waals surface area contributed by atoms with Gasteiger partial charge in [0.1, 0.15) is 17.8 Å². The monoisotopic (exact) mass is 616 g/mol. The highest BCUT2D eigenvalue weighted by molar-refractivity contribution is 6.09. The minimum absolute atomic E-state index is 0.0174. The number of aromatic hydroxyl groups is 1. The highest BCUT2D eigenvalue weighted by Gasteiger charge is 2.76. The van der Waals surface area contributed by atoms with Crippen molar-refractivity contribution in [3.05, 3.63) is 28.3 Å². The number of phenols is 1. The molecule has 11 heteroatoms. The lowest BCUT2D eigenvalue weighted by atomic mass is 9.39. The third kappa shape index (κ3) is 4.91. The van der Waals surface area contributed by atoms with Crippen LogP contribution in [-0.4, -0.2) is 68.4 Å². The Hall–Kier alpha value is -3.02. The number of amides is 2. The number of phenolic OH excluding ortho intramolecular Hbond substituents is 1. The maximum absolute atomic E-state index is 14.5. The Morgan fingerprint density at radius 3 is 2.34 bits per heavy atom. The third-order valence-corrected chi connectivity index (χ3v) is 10.7. The number of benzene rings is 1. The first-order valence-electron chi connectivity index (χ1n) is 15.6. The van der Waals surface area contributed by atoms with Gasteiger partial charge < -0.3 is 36.2 Å². The Balaban J connectivity index is 1.85. The average molecular weight is 617 g/mol. The van der Waals surface area contributed by atoms with E-state index in [1.54, 1.807) is 26.8 Å². The maximum Gasteiger partial charge on any atom is 0.407 e. The number of ether oxygens (including phenoxy) is 1. The Morgan fingerprint density at radius 2 is 1.80 bits per heavy atom. The molecule has 7 N–H and O–H groups in total. The second kappa shape index (κ2) is 11.7. The number of primary amides is 1. The van der Waals surface area contributed by atoms with E-state index in [9.17, 15) is 39.6 Å². The smallest absolute Gasteiger partial charge is 0.407 e. The largest absolute Gasteiger partial charge is 0.507 e. The van der Waals surface area contributed by atoms with E-state index >= 15 is 0 Å². The molecule has 2 unspecified atom stereocenters. The summed E-state index contributed by atoms with van der Waals surface area (Å²) in [5, 5.41) is 49.6. The van der Waals surface area contributed by atoms with Gasteiger partial charge in [-0.05, 0) is 59.6 Å². The molecule has 0 heterocycles. The summed E-state index contributed by atoms with van der Waals surface area (Å²) in [6.45, 7) is 13.1. The number of fused-ring (bicyclic) bond motifs is 3. The molecule has 2 saturated carbocycles. The fraction of sp³-hybridized carbons (Fsp3) is 0.697. The minimum Gasteiger partial charge on any atom is -0.507 e. The topological polar surface area (TPSA) is 196 Å². The molecule has 0 spiro atoms. The highest BCUT2D eigenvalue weighted by Crippen LogP contribution is 2.66. The fourth-order valence-corrected chi connectivity index (χ4v) is 8.86. The summed E-state index contributed by atoms with van der Waals surface area (Å²) in [5.41, 5.74) is 2.22. The fourth-order valence-electron chi connectivity index (χ4n) is 8.86. The summed E-state index contributed by atoms with van der Waals surface area (Å²) in [6.07, 6.45) is -2.22. The lowest BCUT2D eigenvalue weighted by Gasteiger charge is -2.66. The number of alkyl carbamates (subject to hydrolysis) is 1. The SMILES string of the molecule is CCCCOC(=O)NCc1cc(C(C)C)c2c(c1O)C(=O)[C@@H]1C(O)[C@@]3(O)C(=O)[C@H](C(N)=O)C(O)[C@H](C(C)C)[C@@]3(C)C[C@@]1(C)C2. The predicted octanol–water partition coefficient (Wildman–Crippen LogP) is 2.72. The van der Waals surface area contributed by atoms with Gasteiger partial charge in [0.05, 0.1) is 24.2 Å². The number of ketones is 2. The van der Waals surface area contributed by atoms with Gasteiger partial charge in [-0.25, -0.2) is 4.79 Å². The van der Waals surface area contributed by atoms with Crippen LogP contribution < -0.4 is 11.1 Å². The van der Waals surface area contributed by atoms with Gasteiger partial charge in [0, 0.05) is 17.5 Å². The summed E-state index contributed by atoms with van der Waals surface area (Å²) in [6, 6.07) is 1.77. The average Bonchev–Trinajstić information content (AvgIpc) is 2.89. The van der Waals surface area contributed by atoms with Crippen LogP contribution in [0.25, 0.3) is 0 Å². The lowest BCUT2D eigenvalue weighted by molar-refractivity contribution is -0.265. The standard InChI is InChI=1S/C33H48N2O9/c1-8-9-10-44-30(42)35-13-17-11-18(15(2)3)19-12-31(6)14-32(7)22(16(4)5)26(38)21(29(34)41)27(39)33(32,43)28(40)23(31)25(37)20(19)24(17)36/h11,15-16,21-23,26,28,36,38,40,43H,8-10,12-14H2,1-7H3,(H2,34,41)(H,35,42)/t21-,22+,23-,26?,28?,31-,32-,33+/m1/s1. The number of hydrogen-bond donors (Lipinski definition) is 6. The van der Waals surface area contributed by atoms with E-state index in [0.717, 1.165) is 12.0 Å². The van der Waals surface area contributed by atoms with Gasteiger partial charge >= 0.3 is 6.09 Å². The number of nitrogens with two attached hydrogens (primary N) is 1. The number of aliphatic hydroxyl groups is 3. The molecule has 11 nitrogen and oxygen atoms in total. The Kier molecular flexibility index (Phi) is 9.02. The molecule has 2 amide bonds. The van der Waals surface area contributed by atoms with E-state index in [4.69, 9.17) is 10.5 Å². The summed E-state index contributed by atoms with van der Waals surface area (Å²) in [7, 11) is 0. The number of nitrogens with one attached hydrogen (secondary N) is 1. The Bertz CT molecular complexity index is 1360. The summed E-state index contributed by atoms with van der Waals surface area (Å²) in [4.78, 5) is 53.0. The van der Waals surface area contributed by atoms with E-state index in [1.165, 1.54) is 0 Å². The molecule has 3 aliphatic carbocycles. The first kappa shape index (κ1) is 33.9. The Labute approximate surface area is 258 Å². The molecule has 0 bridgehead atoms. The molecular weight excluding hydrogens is 568 g/mol. The van der Waals surface area contributed by atoms with Gasteiger partial charge in [0.25, 0.3) is 0 Å². The van der Waals surface area contributed by atoms with Crippen LogP contribution in [0.5, 0.6) is 5.75 Å². The molecule has 1 aromatic rings. The van der Waals surface area contributed by atoms with Crippen molar-refractivity contribution in [2.45, 2.75) is 104 Å². The van der Waals surface area contributed by atoms with Gasteiger partial charge in [0.15, 0.2) is 17.2 Å². The predicted molar refractivity (Wildman–Crippen MR) is 161 cm³/mol. The van der Waals surface area contributed by atoms with E-state index in [1.807, 2.05) is 27.7 Å². The van der Waals surface area contributed by atoms with E-state index in [2.05, 4.69) is 5.32 Å². The van der Waals surface area contributed by atoms with Crippen molar-refractivity contribution in [3.63, 3.8) is 0 Å². The lowest BCUT2D eigenvalue weighted by Crippen LogP contribution is -2.79. The number of rotatable bonds is 8. The van der Waals surface area contributed by atoms with Gasteiger partial charge in [-0.1, -0.05) is 54.9 Å². The van der Waals surface area contributed by atoms with Crippen LogP contribution in [-0.2, 0) is 27.3 Å². The van der Waals surface area contributed by atoms with Gasteiger partial charge in [-0.2, -0.15) is 0 Å². The summed E-state index contributed by atoms with van der Waals surface area (Å²) < 4.78 is 5.15. The molecule has 2 fully saturated rings. The number of carbonyl (C=O) groups is 4. The van der Waals surface area contributed by atoms with Crippen LogP contribution in [0.1, 0.15) is 101 Å². The van der Waals surface area contributed by atoms with E-state index in [-0.39, 0.29) is 54.7 Å². The zero-order chi connectivity index (χ0) is 33.1. The zero-order valence-corrected chi connectivity index (χ0v) is 26.8. The van der Waals surface area contributed by atoms with Crippen molar-refractivity contribution >= 4 is 23.6 Å². The minimum atomic E-state index is -2.57. The third-order valence-electron chi connectivity index (χ3n) is 10.7. The zero-order valence-electron chi connectivity index (χ0n) is 26.8. The second-order valence-corrected chi connectivity index (χ2v) is 14.3. The molecular formula is C33H48N2O9. The molecule has 0 radical (unpaired) electrons. The van der Waals surface area contributed by atoms with Crippen molar-refractivity contribution in [2.24, 2.45) is 40.2 Å². The molecule has 0 aromatic heterocycles. The van der Waals surface area contributed by atoms with Crippen LogP contribution >= 0.6 is 0 Å². The van der Waals surface area contributed by atoms with Crippen molar-refractivity contribution in [2.75, 3.05) is 6.61 Å². The number of carbonyl (C=O) groups excluding carboxylic acids is 4. The molecule has 0 aliphatic heterocycles. The first-order chi connectivity index (χ1) is 20.4. The van der Waals surface area contributed by atoms with Gasteiger partial charge in [-0.3, -0.25) is 14.4 Å². The quantitative estimate of drug-likeness (QED) is 0.188. The van der Waals surface area contributed by atoms with Crippen molar-refractivity contribution in [1.82, 2.24) is 5.32 Å². The molecule has 0 saturated heterocycles. The number of Topliss-reactive ketones (excluding diaryl/α,β-unsaturated/α-hetero) is 2. The number of unbranched alkanes of at least 4 members (excludes halogenated alkanes) is 1. The van der Waals surface area contributed by atoms with E-state index in [0.29, 0.717) is 12.0 Å². The summed E-state index contributed by atoms with van der Waals surface area (Å²) in [5.74, 6) is -7.50. The van der Waals surface area contributed by atoms with Crippen LogP contribution in [0.4, 0.5) is 4.79 Å². The van der Waals surface area contributed by atoms with Crippen molar-refractivity contribution < 1.29 is 44.3 Å². The number of hydrogen-bond acceptors (Lipinski definition) is 9. The number of aliphatic hydroxyl groups excluding tert-OH is 2. The van der Waals surface area contributed by atoms with Crippen LogP contribution in [0.15, 0.2) is 6.07 Å². The van der Waals surface area contributed by atoms with Crippen molar-refractivity contribution in [3.8, 4) is 5.75 Å². The van der Waals surface area contributed by atoms with E-state index < -0.39 is 70.0 Å². The van der Waals surface area contributed by atoms with Crippen LogP contribution in [0.3, 0.4) is 0 Å². The molecule has 4 rings (SSSR count). The molecule has 44 heavy (non-hydrogen) atoms. The molecule has 244 valence electrons. The second-order valence-electron chi connectivity index (χ2n) is 14.3. The summed E-state index contributed by atoms with van der Waals surface area (Å²) >= 11 is 0. The van der Waals surface area contributed by atoms with Gasteiger partial charge in [-0.15, -0.1) is 0 Å². The molecule has 1 aromatic carbocycles. The van der Waals surface area contributed by atoms with Gasteiger partial charge in [0.2, 0.25) is 5.91 Å². The Morgan fingerprint density at radius 1 is 1.16 bits per heavy atom. The van der Waals surface area contributed by atoms with Crippen LogP contribution in [0, 0.1) is 34.5 Å². The highest BCUT2D eigenvalue weighted by atomic mass is 16.5. The molecule has 8 atom stereocenters.